The van der Waals surface area contributed by atoms with Gasteiger partial charge in [-0.05, 0) is 30.3 Å². The van der Waals surface area contributed by atoms with Crippen molar-refractivity contribution in [2.45, 2.75) is 25.5 Å². The van der Waals surface area contributed by atoms with Crippen LogP contribution in [0.4, 0.5) is 26.3 Å². The van der Waals surface area contributed by atoms with E-state index in [2.05, 4.69) is 9.84 Å². The SMILES string of the molecule is O=C(O)Cc1cc(-c2ccc(OC(F)(F)F)cc2)nn1CC(F)(F)F. The molecule has 0 aliphatic heterocycles. The lowest BCUT2D eigenvalue weighted by Crippen LogP contribution is -2.21. The molecule has 0 radical (unpaired) electrons. The Bertz CT molecular complexity index is 749. The third kappa shape index (κ3) is 5.69. The van der Waals surface area contributed by atoms with Crippen molar-refractivity contribution < 1.29 is 41.0 Å². The van der Waals surface area contributed by atoms with Crippen LogP contribution in [-0.4, -0.2) is 33.4 Å². The van der Waals surface area contributed by atoms with Crippen LogP contribution in [-0.2, 0) is 17.8 Å². The number of hydrogen-bond donors (Lipinski definition) is 1. The first-order valence-corrected chi connectivity index (χ1v) is 6.64. The summed E-state index contributed by atoms with van der Waals surface area (Å²) in [5.74, 6) is -1.85. The average molecular weight is 368 g/mol. The van der Waals surface area contributed by atoms with Crippen molar-refractivity contribution in [2.75, 3.05) is 0 Å². The molecule has 0 aliphatic carbocycles. The van der Waals surface area contributed by atoms with Crippen LogP contribution in [0.25, 0.3) is 11.3 Å². The Hall–Kier alpha value is -2.72. The Morgan fingerprint density at radius 1 is 1.12 bits per heavy atom. The molecule has 0 saturated heterocycles. The van der Waals surface area contributed by atoms with Gasteiger partial charge in [-0.2, -0.15) is 18.3 Å². The summed E-state index contributed by atoms with van der Waals surface area (Å²) < 4.78 is 78.1. The Labute approximate surface area is 136 Å². The van der Waals surface area contributed by atoms with E-state index in [-0.39, 0.29) is 17.0 Å². The molecule has 2 rings (SSSR count). The van der Waals surface area contributed by atoms with Crippen LogP contribution in [0.5, 0.6) is 5.75 Å². The molecule has 0 spiro atoms. The highest BCUT2D eigenvalue weighted by atomic mass is 19.4. The lowest BCUT2D eigenvalue weighted by Gasteiger charge is -2.09. The summed E-state index contributed by atoms with van der Waals surface area (Å²) in [6.45, 7) is -1.48. The van der Waals surface area contributed by atoms with Gasteiger partial charge in [0.2, 0.25) is 0 Å². The van der Waals surface area contributed by atoms with Crippen LogP contribution in [0.1, 0.15) is 5.69 Å². The first kappa shape index (κ1) is 18.6. The summed E-state index contributed by atoms with van der Waals surface area (Å²) >= 11 is 0. The molecule has 2 aromatic rings. The molecule has 1 N–H and O–H groups in total. The zero-order valence-electron chi connectivity index (χ0n) is 12.2. The highest BCUT2D eigenvalue weighted by Gasteiger charge is 2.31. The molecule has 0 fully saturated rings. The fourth-order valence-electron chi connectivity index (χ4n) is 2.03. The van der Waals surface area contributed by atoms with E-state index in [0.29, 0.717) is 4.68 Å². The molecule has 0 aliphatic rings. The number of carbonyl (C=O) groups is 1. The van der Waals surface area contributed by atoms with Crippen molar-refractivity contribution in [1.82, 2.24) is 9.78 Å². The van der Waals surface area contributed by atoms with Crippen LogP contribution < -0.4 is 4.74 Å². The fraction of sp³-hybridized carbons (Fsp3) is 0.286. The minimum atomic E-state index is -4.87. The number of carboxylic acid groups (broad SMARTS) is 1. The number of aliphatic carboxylic acids is 1. The molecule has 1 aromatic heterocycles. The van der Waals surface area contributed by atoms with E-state index in [1.807, 2.05) is 0 Å². The number of aromatic nitrogens is 2. The minimum absolute atomic E-state index is 0.000872. The summed E-state index contributed by atoms with van der Waals surface area (Å²) in [4.78, 5) is 10.8. The number of rotatable bonds is 5. The van der Waals surface area contributed by atoms with Gasteiger partial charge < -0.3 is 9.84 Å². The van der Waals surface area contributed by atoms with Crippen molar-refractivity contribution in [3.05, 3.63) is 36.0 Å². The van der Waals surface area contributed by atoms with Crippen molar-refractivity contribution in [3.8, 4) is 17.0 Å². The lowest BCUT2D eigenvalue weighted by atomic mass is 10.1. The molecule has 0 atom stereocenters. The van der Waals surface area contributed by atoms with Crippen LogP contribution >= 0.6 is 0 Å². The minimum Gasteiger partial charge on any atom is -0.481 e. The topological polar surface area (TPSA) is 64.3 Å². The maximum atomic E-state index is 12.5. The summed E-state index contributed by atoms with van der Waals surface area (Å²) in [5.41, 5.74) is 0.0246. The normalized spacial score (nSPS) is 12.2. The molecule has 0 bridgehead atoms. The molecule has 136 valence electrons. The van der Waals surface area contributed by atoms with E-state index in [4.69, 9.17) is 5.11 Å². The number of carboxylic acids is 1. The average Bonchev–Trinajstić information content (AvgIpc) is 2.77. The van der Waals surface area contributed by atoms with Gasteiger partial charge >= 0.3 is 18.5 Å². The Balaban J connectivity index is 2.30. The van der Waals surface area contributed by atoms with E-state index in [1.165, 1.54) is 12.1 Å². The van der Waals surface area contributed by atoms with Gasteiger partial charge in [-0.3, -0.25) is 9.48 Å². The number of benzene rings is 1. The molecular weight excluding hydrogens is 358 g/mol. The first-order valence-electron chi connectivity index (χ1n) is 6.64. The number of hydrogen-bond acceptors (Lipinski definition) is 3. The van der Waals surface area contributed by atoms with Crippen molar-refractivity contribution in [1.29, 1.82) is 0 Å². The van der Waals surface area contributed by atoms with Crippen molar-refractivity contribution >= 4 is 5.97 Å². The van der Waals surface area contributed by atoms with Gasteiger partial charge in [0.25, 0.3) is 0 Å². The van der Waals surface area contributed by atoms with Gasteiger partial charge in [-0.25, -0.2) is 0 Å². The summed E-state index contributed by atoms with van der Waals surface area (Å²) in [6.07, 6.45) is -10.2. The second kappa shape index (κ2) is 6.65. The molecule has 1 aromatic carbocycles. The maximum absolute atomic E-state index is 12.5. The van der Waals surface area contributed by atoms with E-state index in [9.17, 15) is 31.1 Å². The zero-order chi connectivity index (χ0) is 18.8. The zero-order valence-corrected chi connectivity index (χ0v) is 12.2. The third-order valence-corrected chi connectivity index (χ3v) is 2.91. The van der Waals surface area contributed by atoms with Crippen molar-refractivity contribution in [3.63, 3.8) is 0 Å². The lowest BCUT2D eigenvalue weighted by molar-refractivity contribution is -0.274. The highest BCUT2D eigenvalue weighted by molar-refractivity contribution is 5.71. The van der Waals surface area contributed by atoms with Gasteiger partial charge in [0, 0.05) is 5.56 Å². The molecular formula is C14H10F6N2O3. The number of alkyl halides is 6. The predicted octanol–water partition coefficient (Wildman–Crippen LogP) is 3.64. The third-order valence-electron chi connectivity index (χ3n) is 2.91. The molecule has 11 heteroatoms. The molecule has 25 heavy (non-hydrogen) atoms. The fourth-order valence-corrected chi connectivity index (χ4v) is 2.03. The predicted molar refractivity (Wildman–Crippen MR) is 71.7 cm³/mol. The summed E-state index contributed by atoms with van der Waals surface area (Å²) in [5, 5.41) is 12.5. The Morgan fingerprint density at radius 3 is 2.20 bits per heavy atom. The van der Waals surface area contributed by atoms with Gasteiger partial charge in [-0.15, -0.1) is 13.2 Å². The Kier molecular flexibility index (Phi) is 4.95. The first-order chi connectivity index (χ1) is 11.4. The van der Waals surface area contributed by atoms with Gasteiger partial charge in [-0.1, -0.05) is 0 Å². The molecule has 1 heterocycles. The molecule has 0 amide bonds. The second-order valence-electron chi connectivity index (χ2n) is 4.94. The van der Waals surface area contributed by atoms with E-state index >= 15 is 0 Å². The van der Waals surface area contributed by atoms with E-state index < -0.39 is 37.2 Å². The maximum Gasteiger partial charge on any atom is 0.573 e. The monoisotopic (exact) mass is 368 g/mol. The smallest absolute Gasteiger partial charge is 0.481 e. The van der Waals surface area contributed by atoms with E-state index in [1.54, 1.807) is 0 Å². The Morgan fingerprint density at radius 2 is 1.72 bits per heavy atom. The quantitative estimate of drug-likeness (QED) is 0.819. The van der Waals surface area contributed by atoms with Gasteiger partial charge in [0.1, 0.15) is 12.3 Å². The number of nitrogens with zero attached hydrogens (tertiary/aromatic N) is 2. The largest absolute Gasteiger partial charge is 0.573 e. The van der Waals surface area contributed by atoms with Crippen LogP contribution in [0.2, 0.25) is 0 Å². The summed E-state index contributed by atoms with van der Waals surface area (Å²) in [6, 6.07) is 5.43. The van der Waals surface area contributed by atoms with E-state index in [0.717, 1.165) is 18.2 Å². The highest BCUT2D eigenvalue weighted by Crippen LogP contribution is 2.27. The number of halogens is 6. The van der Waals surface area contributed by atoms with Crippen LogP contribution in [0.3, 0.4) is 0 Å². The molecule has 5 nitrogen and oxygen atoms in total. The van der Waals surface area contributed by atoms with Crippen LogP contribution in [0.15, 0.2) is 30.3 Å². The second-order valence-corrected chi connectivity index (χ2v) is 4.94. The van der Waals surface area contributed by atoms with Crippen LogP contribution in [0, 0.1) is 0 Å². The molecule has 0 unspecified atom stereocenters. The van der Waals surface area contributed by atoms with Gasteiger partial charge in [0.15, 0.2) is 0 Å². The van der Waals surface area contributed by atoms with Gasteiger partial charge in [0.05, 0.1) is 17.8 Å². The standard InChI is InChI=1S/C14H10F6N2O3/c15-13(16,17)7-22-9(6-12(23)24)5-11(21-22)8-1-3-10(4-2-8)25-14(18,19)20/h1-5H,6-7H2,(H,23,24). The summed E-state index contributed by atoms with van der Waals surface area (Å²) in [7, 11) is 0. The number of ether oxygens (including phenoxy) is 1. The van der Waals surface area contributed by atoms with Crippen molar-refractivity contribution in [2.24, 2.45) is 0 Å². The molecule has 0 saturated carbocycles.